The smallest absolute Gasteiger partial charge is 0.295 e. The number of pyridine rings is 2. The number of phenolic OH excluding ortho intramolecular Hbond substituents is 2. The summed E-state index contributed by atoms with van der Waals surface area (Å²) in [5.41, 5.74) is -0.292. The van der Waals surface area contributed by atoms with Crippen molar-refractivity contribution in [1.82, 2.24) is 9.97 Å². The van der Waals surface area contributed by atoms with Gasteiger partial charge in [0.15, 0.2) is 11.5 Å². The number of aromatic hydroxyl groups is 2. The molecule has 6 rings (SSSR count). The molecule has 0 aliphatic heterocycles. The quantitative estimate of drug-likeness (QED) is 0.0690. The number of anilines is 2. The summed E-state index contributed by atoms with van der Waals surface area (Å²) in [7, 11) is -9.80. The normalized spacial score (nSPS) is 11.7. The molecule has 51 heavy (non-hydrogen) atoms. The Bertz CT molecular complexity index is 2450. The Morgan fingerprint density at radius 3 is 1.35 bits per heavy atom. The molecule has 2 amide bonds. The number of benzene rings is 4. The number of aromatic nitrogens is 2. The van der Waals surface area contributed by atoms with E-state index in [4.69, 9.17) is 0 Å². The van der Waals surface area contributed by atoms with E-state index >= 15 is 0 Å². The number of hydrogen-bond donors (Lipinski definition) is 6. The van der Waals surface area contributed by atoms with Crippen molar-refractivity contribution in [3.8, 4) is 11.5 Å². The van der Waals surface area contributed by atoms with Crippen LogP contribution in [0.15, 0.2) is 107 Å². The van der Waals surface area contributed by atoms with Crippen LogP contribution >= 0.6 is 0 Å². The largest absolute Gasteiger partial charge is 0.505 e. The van der Waals surface area contributed by atoms with Crippen molar-refractivity contribution in [2.45, 2.75) is 9.79 Å². The minimum atomic E-state index is -4.90. The van der Waals surface area contributed by atoms with Crippen LogP contribution in [0.4, 0.5) is 11.4 Å². The first-order valence-electron chi connectivity index (χ1n) is 14.4. The van der Waals surface area contributed by atoms with Crippen LogP contribution in [0.1, 0.15) is 31.8 Å². The number of fused-ring (bicyclic) bond motifs is 2. The molecule has 0 aliphatic rings. The molecule has 17 heteroatoms. The average Bonchev–Trinajstić information content (AvgIpc) is 3.07. The standard InChI is InChI=1S/C34H24N4O10S2.Na/c39-31-25(13-9-21-3-1-15-35-29(21)31)33(41)37-23-11-7-19(27(17-23)49(43,44)45)5-6-20-8-12-24(18-28(20)50(46,47)48)38-34(42)26-14-10-22-4-2-16-36-30(22)32(26)40;/h1-18,39-40H,(H,37,41)(H,38,42)(H,43,44,45)(H,46,47,48);/b6-5+;. The molecule has 0 atom stereocenters. The number of carbonyl (C=O) groups is 2. The Balaban J connectivity index is 0.00000504. The first-order chi connectivity index (χ1) is 23.7. The fourth-order valence-corrected chi connectivity index (χ4v) is 6.57. The van der Waals surface area contributed by atoms with E-state index in [0.717, 1.165) is 24.3 Å². The van der Waals surface area contributed by atoms with Gasteiger partial charge in [0.1, 0.15) is 20.8 Å². The summed E-state index contributed by atoms with van der Waals surface area (Å²) in [5, 5.41) is 27.2. The van der Waals surface area contributed by atoms with Gasteiger partial charge in [0.2, 0.25) is 0 Å². The van der Waals surface area contributed by atoms with Crippen molar-refractivity contribution in [2.24, 2.45) is 0 Å². The predicted molar refractivity (Wildman–Crippen MR) is 190 cm³/mol. The van der Waals surface area contributed by atoms with Crippen molar-refractivity contribution < 1.29 is 45.7 Å². The number of amides is 2. The zero-order valence-electron chi connectivity index (χ0n) is 26.3. The fraction of sp³-hybridized carbons (Fsp3) is 0. The maximum atomic E-state index is 13.0. The van der Waals surface area contributed by atoms with Gasteiger partial charge in [-0.25, -0.2) is 0 Å². The van der Waals surface area contributed by atoms with E-state index in [-0.39, 0.29) is 85.7 Å². The molecule has 0 saturated carbocycles. The predicted octanol–water partition coefficient (Wildman–Crippen LogP) is 4.98. The van der Waals surface area contributed by atoms with E-state index in [2.05, 4.69) is 20.6 Å². The van der Waals surface area contributed by atoms with Gasteiger partial charge in [-0.05, 0) is 59.7 Å². The molecule has 0 bridgehead atoms. The SMILES string of the molecule is O=C(Nc1ccc(/C=C/c2ccc(NC(=O)c3ccc4cccnc4c3O)cc2S(=O)(=O)O)c(S(=O)(=O)O)c1)c1ccc2cccnc2c1O.[Na]. The third-order valence-electron chi connectivity index (χ3n) is 7.53. The average molecular weight is 736 g/mol. The van der Waals surface area contributed by atoms with E-state index < -0.39 is 41.8 Å². The topological polar surface area (TPSA) is 233 Å². The molecule has 0 fully saturated rings. The number of carbonyl (C=O) groups excluding carboxylic acids is 2. The minimum absolute atomic E-state index is 0. The van der Waals surface area contributed by atoms with Crippen LogP contribution in [-0.2, 0) is 20.2 Å². The van der Waals surface area contributed by atoms with Crippen molar-refractivity contribution in [2.75, 3.05) is 10.6 Å². The van der Waals surface area contributed by atoms with E-state index in [1.165, 1.54) is 48.8 Å². The fourth-order valence-electron chi connectivity index (χ4n) is 5.15. The molecule has 6 N–H and O–H groups in total. The molecule has 253 valence electrons. The van der Waals surface area contributed by atoms with Crippen molar-refractivity contribution >= 4 is 107 Å². The van der Waals surface area contributed by atoms with Crippen LogP contribution < -0.4 is 10.6 Å². The number of rotatable bonds is 8. The second-order valence-electron chi connectivity index (χ2n) is 10.8. The monoisotopic (exact) mass is 735 g/mol. The molecule has 0 saturated heterocycles. The summed E-state index contributed by atoms with van der Waals surface area (Å²) in [6, 6.07) is 19.6. The van der Waals surface area contributed by atoms with Gasteiger partial charge in [-0.3, -0.25) is 28.7 Å². The van der Waals surface area contributed by atoms with E-state index in [1.54, 1.807) is 36.4 Å². The molecule has 2 aromatic heterocycles. The molecule has 0 aliphatic carbocycles. The summed E-state index contributed by atoms with van der Waals surface area (Å²) in [5.74, 6) is -2.37. The summed E-state index contributed by atoms with van der Waals surface area (Å²) < 4.78 is 69.2. The molecule has 6 aromatic rings. The number of nitrogens with zero attached hydrogens (tertiary/aromatic N) is 2. The van der Waals surface area contributed by atoms with Crippen LogP contribution in [0, 0.1) is 0 Å². The molecule has 4 aromatic carbocycles. The minimum Gasteiger partial charge on any atom is -0.505 e. The van der Waals surface area contributed by atoms with Crippen LogP contribution in [0.3, 0.4) is 0 Å². The van der Waals surface area contributed by atoms with Crippen molar-refractivity contribution in [1.29, 1.82) is 0 Å². The van der Waals surface area contributed by atoms with Gasteiger partial charge < -0.3 is 20.8 Å². The summed E-state index contributed by atoms with van der Waals surface area (Å²) >= 11 is 0. The number of hydrogen-bond acceptors (Lipinski definition) is 10. The molecule has 0 unspecified atom stereocenters. The van der Waals surface area contributed by atoms with E-state index in [0.29, 0.717) is 10.8 Å². The summed E-state index contributed by atoms with van der Waals surface area (Å²) in [4.78, 5) is 32.7. The van der Waals surface area contributed by atoms with Gasteiger partial charge in [-0.1, -0.05) is 48.6 Å². The molecular formula is C34H24N4NaO10S2. The maximum Gasteiger partial charge on any atom is 0.295 e. The molecule has 1 radical (unpaired) electrons. The van der Waals surface area contributed by atoms with Crippen LogP contribution in [0.2, 0.25) is 0 Å². The Labute approximate surface area is 312 Å². The summed E-state index contributed by atoms with van der Waals surface area (Å²) in [6.07, 6.45) is 5.19. The van der Waals surface area contributed by atoms with Gasteiger partial charge in [-0.15, -0.1) is 0 Å². The number of phenols is 2. The second-order valence-corrected chi connectivity index (χ2v) is 13.6. The van der Waals surface area contributed by atoms with Crippen molar-refractivity contribution in [3.63, 3.8) is 0 Å². The Hall–Kier alpha value is -5.20. The van der Waals surface area contributed by atoms with Crippen LogP contribution in [-0.4, -0.2) is 87.5 Å². The molecule has 2 heterocycles. The van der Waals surface area contributed by atoms with Gasteiger partial charge in [0.05, 0.1) is 11.1 Å². The second kappa shape index (κ2) is 14.6. The summed E-state index contributed by atoms with van der Waals surface area (Å²) in [6.45, 7) is 0. The van der Waals surface area contributed by atoms with Gasteiger partial charge in [0.25, 0.3) is 32.1 Å². The molecule has 14 nitrogen and oxygen atoms in total. The first kappa shape index (κ1) is 37.1. The third kappa shape index (κ3) is 7.92. The molecule has 0 spiro atoms. The van der Waals surface area contributed by atoms with Gasteiger partial charge >= 0.3 is 0 Å². The van der Waals surface area contributed by atoms with Crippen LogP contribution in [0.25, 0.3) is 34.0 Å². The Morgan fingerprint density at radius 1 is 0.588 bits per heavy atom. The zero-order chi connectivity index (χ0) is 35.8. The molecular weight excluding hydrogens is 712 g/mol. The Kier molecular flexibility index (Phi) is 10.6. The van der Waals surface area contributed by atoms with Crippen molar-refractivity contribution in [3.05, 3.63) is 120 Å². The van der Waals surface area contributed by atoms with E-state index in [9.17, 15) is 45.7 Å². The van der Waals surface area contributed by atoms with Gasteiger partial charge in [-0.2, -0.15) is 16.8 Å². The first-order valence-corrected chi connectivity index (χ1v) is 17.3. The zero-order valence-corrected chi connectivity index (χ0v) is 30.0. The van der Waals surface area contributed by atoms with Gasteiger partial charge in [0, 0.05) is 64.1 Å². The Morgan fingerprint density at radius 2 is 0.980 bits per heavy atom. The third-order valence-corrected chi connectivity index (χ3v) is 9.34. The van der Waals surface area contributed by atoms with E-state index in [1.807, 2.05) is 0 Å². The van der Waals surface area contributed by atoms with Crippen LogP contribution in [0.5, 0.6) is 11.5 Å². The number of nitrogens with one attached hydrogen (secondary N) is 2. The maximum absolute atomic E-state index is 13.0.